The van der Waals surface area contributed by atoms with Crippen molar-refractivity contribution in [3.05, 3.63) is 47.0 Å². The number of carbonyl (C=O) groups excluding carboxylic acids is 3. The second kappa shape index (κ2) is 12.5. The van der Waals surface area contributed by atoms with Gasteiger partial charge in [-0.05, 0) is 32.8 Å². The number of aromatic nitrogens is 1. The Morgan fingerprint density at radius 1 is 1.18 bits per heavy atom. The minimum Gasteiger partial charge on any atom is -0.383 e. The summed E-state index contributed by atoms with van der Waals surface area (Å²) in [4.78, 5) is 44.5. The van der Waals surface area contributed by atoms with Crippen LogP contribution in [0.25, 0.3) is 0 Å². The van der Waals surface area contributed by atoms with Gasteiger partial charge in [0.15, 0.2) is 5.13 Å². The van der Waals surface area contributed by atoms with Gasteiger partial charge in [-0.25, -0.2) is 4.98 Å². The molecule has 1 atom stereocenters. The van der Waals surface area contributed by atoms with Crippen molar-refractivity contribution in [2.75, 3.05) is 25.6 Å². The largest absolute Gasteiger partial charge is 0.383 e. The lowest BCUT2D eigenvalue weighted by Crippen LogP contribution is -2.51. The van der Waals surface area contributed by atoms with Crippen molar-refractivity contribution < 1.29 is 19.1 Å². The molecule has 0 unspecified atom stereocenters. The molecular formula is C24H34N4O4S. The number of aryl methyl sites for hydroxylation is 1. The van der Waals surface area contributed by atoms with E-state index in [1.165, 1.54) is 16.2 Å². The number of nitrogens with zero attached hydrogens (tertiary/aromatic N) is 2. The molecule has 2 N–H and O–H groups in total. The zero-order valence-corrected chi connectivity index (χ0v) is 20.8. The first-order chi connectivity index (χ1) is 15.7. The zero-order valence-electron chi connectivity index (χ0n) is 20.0. The Bertz CT molecular complexity index is 913. The van der Waals surface area contributed by atoms with Crippen LogP contribution in [0.5, 0.6) is 0 Å². The lowest BCUT2D eigenvalue weighted by Gasteiger charge is -2.34. The molecule has 33 heavy (non-hydrogen) atoms. The number of benzene rings is 1. The van der Waals surface area contributed by atoms with Crippen molar-refractivity contribution in [2.24, 2.45) is 0 Å². The van der Waals surface area contributed by atoms with E-state index in [0.29, 0.717) is 10.7 Å². The molecule has 8 nitrogen and oxygen atoms in total. The minimum absolute atomic E-state index is 0.00934. The van der Waals surface area contributed by atoms with Gasteiger partial charge in [0.25, 0.3) is 0 Å². The normalized spacial score (nSPS) is 12.2. The van der Waals surface area contributed by atoms with E-state index in [9.17, 15) is 14.4 Å². The van der Waals surface area contributed by atoms with Crippen LogP contribution in [-0.2, 0) is 19.1 Å². The first-order valence-corrected chi connectivity index (χ1v) is 11.9. The smallest absolute Gasteiger partial charge is 0.247 e. The summed E-state index contributed by atoms with van der Waals surface area (Å²) in [6, 6.07) is 6.73. The fourth-order valence-electron chi connectivity index (χ4n) is 3.13. The molecular weight excluding hydrogens is 440 g/mol. The molecule has 0 spiro atoms. The Hall–Kier alpha value is -2.78. The Kier molecular flexibility index (Phi) is 9.99. The second-order valence-electron chi connectivity index (χ2n) is 8.51. The van der Waals surface area contributed by atoms with Crippen LogP contribution in [0, 0.1) is 6.92 Å². The quantitative estimate of drug-likeness (QED) is 0.489. The predicted octanol–water partition coefficient (Wildman–Crippen LogP) is 3.69. The molecule has 2 aromatic rings. The number of hydrogen-bond acceptors (Lipinski definition) is 6. The Balaban J connectivity index is 2.25. The van der Waals surface area contributed by atoms with Crippen molar-refractivity contribution in [1.82, 2.24) is 15.2 Å². The fraction of sp³-hybridized carbons (Fsp3) is 0.500. The van der Waals surface area contributed by atoms with E-state index >= 15 is 0 Å². The average molecular weight is 475 g/mol. The van der Waals surface area contributed by atoms with Crippen molar-refractivity contribution in [2.45, 2.75) is 58.5 Å². The van der Waals surface area contributed by atoms with Gasteiger partial charge in [0.05, 0.1) is 6.61 Å². The maximum absolute atomic E-state index is 13.4. The summed E-state index contributed by atoms with van der Waals surface area (Å²) in [5.74, 6) is -0.854. The highest BCUT2D eigenvalue weighted by Crippen LogP contribution is 2.25. The Labute approximate surface area is 199 Å². The fourth-order valence-corrected chi connectivity index (χ4v) is 3.68. The summed E-state index contributed by atoms with van der Waals surface area (Å²) in [6.07, 6.45) is 2.29. The van der Waals surface area contributed by atoms with Gasteiger partial charge >= 0.3 is 0 Å². The summed E-state index contributed by atoms with van der Waals surface area (Å²) < 4.78 is 5.21. The highest BCUT2D eigenvalue weighted by Gasteiger charge is 2.33. The highest BCUT2D eigenvalue weighted by atomic mass is 32.1. The van der Waals surface area contributed by atoms with Crippen LogP contribution in [0.3, 0.4) is 0 Å². The van der Waals surface area contributed by atoms with Gasteiger partial charge in [-0.1, -0.05) is 36.8 Å². The molecule has 9 heteroatoms. The minimum atomic E-state index is -0.832. The Morgan fingerprint density at radius 2 is 1.88 bits per heavy atom. The molecule has 1 heterocycles. The number of hydrogen-bond donors (Lipinski definition) is 2. The van der Waals surface area contributed by atoms with E-state index in [2.05, 4.69) is 15.6 Å². The predicted molar refractivity (Wildman–Crippen MR) is 130 cm³/mol. The summed E-state index contributed by atoms with van der Waals surface area (Å²) in [5.41, 5.74) is 1.34. The Morgan fingerprint density at radius 3 is 2.45 bits per heavy atom. The van der Waals surface area contributed by atoms with E-state index in [1.54, 1.807) is 18.7 Å². The molecule has 0 aliphatic heterocycles. The maximum Gasteiger partial charge on any atom is 0.247 e. The maximum atomic E-state index is 13.4. The average Bonchev–Trinajstić information content (AvgIpc) is 3.28. The van der Waals surface area contributed by atoms with E-state index in [0.717, 1.165) is 12.0 Å². The third kappa shape index (κ3) is 8.25. The number of thiazole rings is 1. The van der Waals surface area contributed by atoms with Gasteiger partial charge in [0, 0.05) is 43.6 Å². The number of ether oxygens (including phenoxy) is 1. The lowest BCUT2D eigenvalue weighted by molar-refractivity contribution is -0.142. The summed E-state index contributed by atoms with van der Waals surface area (Å²) in [5, 5.41) is 8.00. The van der Waals surface area contributed by atoms with Crippen molar-refractivity contribution in [3.63, 3.8) is 0 Å². The molecule has 2 rings (SSSR count). The van der Waals surface area contributed by atoms with Gasteiger partial charge in [-0.2, -0.15) is 0 Å². The first-order valence-electron chi connectivity index (χ1n) is 11.0. The molecule has 0 aliphatic carbocycles. The number of nitrogens with one attached hydrogen (secondary N) is 2. The van der Waals surface area contributed by atoms with Crippen molar-refractivity contribution in [3.8, 4) is 0 Å². The van der Waals surface area contributed by atoms with Gasteiger partial charge in [0.1, 0.15) is 6.04 Å². The summed E-state index contributed by atoms with van der Waals surface area (Å²) >= 11 is 1.31. The van der Waals surface area contributed by atoms with Crippen LogP contribution in [0.2, 0.25) is 0 Å². The van der Waals surface area contributed by atoms with E-state index in [-0.39, 0.29) is 43.7 Å². The number of amides is 3. The summed E-state index contributed by atoms with van der Waals surface area (Å²) in [6.45, 7) is 8.35. The van der Waals surface area contributed by atoms with E-state index < -0.39 is 11.6 Å². The monoisotopic (exact) mass is 474 g/mol. The first kappa shape index (κ1) is 26.5. The topological polar surface area (TPSA) is 101 Å². The molecule has 0 radical (unpaired) electrons. The number of anilines is 1. The van der Waals surface area contributed by atoms with E-state index in [1.807, 2.05) is 52.0 Å². The molecule has 180 valence electrons. The van der Waals surface area contributed by atoms with E-state index in [4.69, 9.17) is 4.74 Å². The molecule has 0 fully saturated rings. The van der Waals surface area contributed by atoms with Gasteiger partial charge in [-0.15, -0.1) is 11.3 Å². The van der Waals surface area contributed by atoms with Crippen LogP contribution in [0.4, 0.5) is 5.13 Å². The molecule has 1 aromatic carbocycles. The molecule has 0 saturated heterocycles. The highest BCUT2D eigenvalue weighted by molar-refractivity contribution is 7.13. The zero-order chi connectivity index (χ0) is 24.4. The third-order valence-electron chi connectivity index (χ3n) is 5.40. The molecule has 3 amide bonds. The summed E-state index contributed by atoms with van der Waals surface area (Å²) in [7, 11) is 1.55. The number of rotatable bonds is 12. The van der Waals surface area contributed by atoms with Crippen LogP contribution >= 0.6 is 11.3 Å². The third-order valence-corrected chi connectivity index (χ3v) is 6.09. The van der Waals surface area contributed by atoms with Crippen molar-refractivity contribution >= 4 is 34.2 Å². The van der Waals surface area contributed by atoms with Crippen LogP contribution < -0.4 is 10.6 Å². The van der Waals surface area contributed by atoms with Crippen LogP contribution in [-0.4, -0.2) is 53.4 Å². The van der Waals surface area contributed by atoms with Crippen molar-refractivity contribution in [1.29, 1.82) is 0 Å². The van der Waals surface area contributed by atoms with Gasteiger partial charge in [0.2, 0.25) is 17.7 Å². The van der Waals surface area contributed by atoms with Gasteiger partial charge in [-0.3, -0.25) is 14.4 Å². The lowest BCUT2D eigenvalue weighted by atomic mass is 9.98. The van der Waals surface area contributed by atoms with Gasteiger partial charge < -0.3 is 20.3 Å². The SMILES string of the molecule is CCC(C)(C)NC(=O)[C@H](c1ccc(C)cc1)N(CCOC)C(=O)CCC(=O)Nc1nccs1. The molecule has 0 bridgehead atoms. The van der Waals surface area contributed by atoms with Crippen LogP contribution in [0.1, 0.15) is 57.2 Å². The standard InChI is InChI=1S/C24H34N4O4S/c1-6-24(3,4)27-22(31)21(18-9-7-17(2)8-10-18)28(14-15-32-5)20(30)12-11-19(29)26-23-25-13-16-33-23/h7-10,13,16,21H,6,11-12,14-15H2,1-5H3,(H,27,31)(H,25,26,29)/t21-/m0/s1. The van der Waals surface area contributed by atoms with Crippen LogP contribution in [0.15, 0.2) is 35.8 Å². The molecule has 0 aliphatic rings. The number of carbonyl (C=O) groups is 3. The second-order valence-corrected chi connectivity index (χ2v) is 9.40. The number of methoxy groups -OCH3 is 1. The molecule has 1 aromatic heterocycles. The molecule has 0 saturated carbocycles.